The number of hydrogen-bond acceptors (Lipinski definition) is 2. The quantitative estimate of drug-likeness (QED) is 0.869. The average Bonchev–Trinajstić information content (AvgIpc) is 2.98. The van der Waals surface area contributed by atoms with E-state index in [-0.39, 0.29) is 0 Å². The minimum absolute atomic E-state index is 0.638. The minimum atomic E-state index is 0.638. The van der Waals surface area contributed by atoms with Crippen LogP contribution in [-0.4, -0.2) is 19.6 Å². The Bertz CT molecular complexity index is 509. The molecule has 1 heterocycles. The molecule has 1 unspecified atom stereocenters. The van der Waals surface area contributed by atoms with Crippen LogP contribution >= 0.6 is 0 Å². The Morgan fingerprint density at radius 3 is 2.35 bits per heavy atom. The molecule has 1 aliphatic heterocycles. The van der Waals surface area contributed by atoms with Gasteiger partial charge in [-0.15, -0.1) is 0 Å². The van der Waals surface area contributed by atoms with Crippen molar-refractivity contribution in [2.45, 2.75) is 12.5 Å². The Balaban J connectivity index is 1.54. The van der Waals surface area contributed by atoms with Crippen LogP contribution in [0.4, 0.5) is 0 Å². The Labute approximate surface area is 121 Å². The molecule has 2 aromatic rings. The lowest BCUT2D eigenvalue weighted by atomic mass is 9.89. The zero-order chi connectivity index (χ0) is 13.6. The van der Waals surface area contributed by atoms with Crippen LogP contribution in [0.3, 0.4) is 0 Å². The van der Waals surface area contributed by atoms with Gasteiger partial charge < -0.3 is 10.6 Å². The molecule has 2 nitrogen and oxygen atoms in total. The minimum Gasteiger partial charge on any atom is -0.316 e. The number of nitrogens with one attached hydrogen (secondary N) is 2. The van der Waals surface area contributed by atoms with E-state index in [1.54, 1.807) is 0 Å². The molecule has 2 N–H and O–H groups in total. The van der Waals surface area contributed by atoms with Crippen LogP contribution in [0.2, 0.25) is 0 Å². The van der Waals surface area contributed by atoms with Gasteiger partial charge in [-0.05, 0) is 23.6 Å². The summed E-state index contributed by atoms with van der Waals surface area (Å²) in [4.78, 5) is 0. The lowest BCUT2D eigenvalue weighted by Gasteiger charge is -2.19. The number of benzene rings is 2. The van der Waals surface area contributed by atoms with Gasteiger partial charge in [-0.25, -0.2) is 0 Å². The molecule has 2 heteroatoms. The zero-order valence-electron chi connectivity index (χ0n) is 11.8. The fourth-order valence-corrected chi connectivity index (χ4v) is 3.04. The first kappa shape index (κ1) is 13.3. The molecule has 2 atom stereocenters. The van der Waals surface area contributed by atoms with Gasteiger partial charge in [0.1, 0.15) is 0 Å². The van der Waals surface area contributed by atoms with Crippen LogP contribution in [0.1, 0.15) is 17.0 Å². The molecule has 0 radical (unpaired) electrons. The van der Waals surface area contributed by atoms with Crippen molar-refractivity contribution >= 4 is 0 Å². The lowest BCUT2D eigenvalue weighted by molar-refractivity contribution is 0.470. The number of rotatable bonds is 5. The summed E-state index contributed by atoms with van der Waals surface area (Å²) >= 11 is 0. The van der Waals surface area contributed by atoms with E-state index >= 15 is 0 Å². The first-order valence-electron chi connectivity index (χ1n) is 7.44. The molecule has 0 aliphatic carbocycles. The first-order valence-corrected chi connectivity index (χ1v) is 7.44. The average molecular weight is 266 g/mol. The monoisotopic (exact) mass is 266 g/mol. The summed E-state index contributed by atoms with van der Waals surface area (Å²) in [6.07, 6.45) is 0. The van der Waals surface area contributed by atoms with E-state index in [4.69, 9.17) is 0 Å². The second kappa shape index (κ2) is 6.69. The van der Waals surface area contributed by atoms with Gasteiger partial charge in [0.05, 0.1) is 0 Å². The molecule has 2 aromatic carbocycles. The van der Waals surface area contributed by atoms with Crippen LogP contribution in [0.15, 0.2) is 60.7 Å². The molecular weight excluding hydrogens is 244 g/mol. The molecule has 104 valence electrons. The normalized spacial score (nSPS) is 22.0. The molecule has 0 spiro atoms. The Morgan fingerprint density at radius 2 is 1.60 bits per heavy atom. The highest BCUT2D eigenvalue weighted by Crippen LogP contribution is 2.27. The van der Waals surface area contributed by atoms with E-state index in [2.05, 4.69) is 71.3 Å². The van der Waals surface area contributed by atoms with Crippen LogP contribution in [0.5, 0.6) is 0 Å². The first-order chi connectivity index (χ1) is 9.93. The van der Waals surface area contributed by atoms with E-state index in [0.717, 1.165) is 26.2 Å². The second-order valence-corrected chi connectivity index (χ2v) is 5.55. The van der Waals surface area contributed by atoms with Crippen LogP contribution in [-0.2, 0) is 6.54 Å². The third kappa shape index (κ3) is 3.27. The summed E-state index contributed by atoms with van der Waals surface area (Å²) in [5, 5.41) is 7.13. The third-order valence-electron chi connectivity index (χ3n) is 4.15. The molecule has 0 bridgehead atoms. The maximum Gasteiger partial charge on any atom is 0.0205 e. The molecule has 1 saturated heterocycles. The van der Waals surface area contributed by atoms with Gasteiger partial charge in [-0.2, -0.15) is 0 Å². The van der Waals surface area contributed by atoms with Crippen molar-refractivity contribution in [2.75, 3.05) is 19.6 Å². The van der Waals surface area contributed by atoms with Gasteiger partial charge >= 0.3 is 0 Å². The smallest absolute Gasteiger partial charge is 0.0205 e. The lowest BCUT2D eigenvalue weighted by Crippen LogP contribution is -2.26. The van der Waals surface area contributed by atoms with E-state index in [9.17, 15) is 0 Å². The van der Waals surface area contributed by atoms with Gasteiger partial charge in [-0.3, -0.25) is 0 Å². The summed E-state index contributed by atoms with van der Waals surface area (Å²) < 4.78 is 0. The summed E-state index contributed by atoms with van der Waals surface area (Å²) in [6.45, 7) is 4.24. The molecule has 20 heavy (non-hydrogen) atoms. The largest absolute Gasteiger partial charge is 0.316 e. The van der Waals surface area contributed by atoms with Gasteiger partial charge in [0.2, 0.25) is 0 Å². The third-order valence-corrected chi connectivity index (χ3v) is 4.15. The summed E-state index contributed by atoms with van der Waals surface area (Å²) in [5.74, 6) is 1.32. The molecule has 1 aliphatic rings. The molecular formula is C18H22N2. The predicted molar refractivity (Wildman–Crippen MR) is 83.7 cm³/mol. The maximum absolute atomic E-state index is 3.60. The Morgan fingerprint density at radius 1 is 0.900 bits per heavy atom. The topological polar surface area (TPSA) is 24.1 Å². The van der Waals surface area contributed by atoms with E-state index < -0.39 is 0 Å². The van der Waals surface area contributed by atoms with Crippen molar-refractivity contribution in [3.8, 4) is 0 Å². The molecule has 0 saturated carbocycles. The molecule has 3 rings (SSSR count). The highest BCUT2D eigenvalue weighted by Gasteiger charge is 2.27. The van der Waals surface area contributed by atoms with E-state index in [1.165, 1.54) is 11.1 Å². The van der Waals surface area contributed by atoms with E-state index in [0.29, 0.717) is 11.8 Å². The van der Waals surface area contributed by atoms with Gasteiger partial charge in [0, 0.05) is 25.6 Å². The maximum atomic E-state index is 3.60. The van der Waals surface area contributed by atoms with Crippen molar-refractivity contribution in [1.29, 1.82) is 0 Å². The van der Waals surface area contributed by atoms with Gasteiger partial charge in [0.15, 0.2) is 0 Å². The Hall–Kier alpha value is -1.64. The fourth-order valence-electron chi connectivity index (χ4n) is 3.04. The van der Waals surface area contributed by atoms with Crippen LogP contribution in [0, 0.1) is 5.92 Å². The summed E-state index contributed by atoms with van der Waals surface area (Å²) in [7, 11) is 0. The van der Waals surface area contributed by atoms with Crippen molar-refractivity contribution < 1.29 is 0 Å². The molecule has 0 amide bonds. The molecule has 1 fully saturated rings. The highest BCUT2D eigenvalue weighted by atomic mass is 15.0. The fraction of sp³-hybridized carbons (Fsp3) is 0.333. The van der Waals surface area contributed by atoms with E-state index in [1.807, 2.05) is 0 Å². The van der Waals surface area contributed by atoms with Crippen LogP contribution < -0.4 is 10.6 Å². The number of hydrogen-bond donors (Lipinski definition) is 2. The highest BCUT2D eigenvalue weighted by molar-refractivity contribution is 5.22. The zero-order valence-corrected chi connectivity index (χ0v) is 11.8. The van der Waals surface area contributed by atoms with Crippen molar-refractivity contribution in [1.82, 2.24) is 10.6 Å². The van der Waals surface area contributed by atoms with Crippen molar-refractivity contribution in [2.24, 2.45) is 5.92 Å². The van der Waals surface area contributed by atoms with Crippen molar-refractivity contribution in [3.05, 3.63) is 71.8 Å². The SMILES string of the molecule is c1ccc(CNC[C@H]2CNCC2c2ccccc2)cc1. The van der Waals surface area contributed by atoms with Crippen molar-refractivity contribution in [3.63, 3.8) is 0 Å². The standard InChI is InChI=1S/C18H22N2/c1-3-7-15(8-4-1)11-19-12-17-13-20-14-18(17)16-9-5-2-6-10-16/h1-10,17-20H,11-14H2/t17-,18?/m0/s1. The second-order valence-electron chi connectivity index (χ2n) is 5.55. The summed E-state index contributed by atoms with van der Waals surface area (Å²) in [6, 6.07) is 21.5. The van der Waals surface area contributed by atoms with Crippen LogP contribution in [0.25, 0.3) is 0 Å². The Kier molecular flexibility index (Phi) is 4.46. The summed E-state index contributed by atoms with van der Waals surface area (Å²) in [5.41, 5.74) is 2.82. The predicted octanol–water partition coefficient (Wildman–Crippen LogP) is 2.78. The van der Waals surface area contributed by atoms with Gasteiger partial charge in [0.25, 0.3) is 0 Å². The van der Waals surface area contributed by atoms with Gasteiger partial charge in [-0.1, -0.05) is 60.7 Å². The molecule has 0 aromatic heterocycles.